The molecule has 8 aliphatic heterocycles. The highest BCUT2D eigenvalue weighted by Crippen LogP contribution is 2.31. The summed E-state index contributed by atoms with van der Waals surface area (Å²) in [6.07, 6.45) is 6.18. The predicted molar refractivity (Wildman–Crippen MR) is 215 cm³/mol. The average Bonchev–Trinajstić information content (AvgIpc) is 4.10. The van der Waals surface area contributed by atoms with Crippen LogP contribution in [-0.4, -0.2) is 211 Å². The molecule has 21 heteroatoms. The molecule has 0 bridgehead atoms. The van der Waals surface area contributed by atoms with Crippen LogP contribution in [0, 0.1) is 0 Å². The van der Waals surface area contributed by atoms with Crippen LogP contribution in [-0.2, 0) is 23.9 Å². The fourth-order valence-corrected chi connectivity index (χ4v) is 10.3. The second-order valence-electron chi connectivity index (χ2n) is 18.3. The van der Waals surface area contributed by atoms with Crippen molar-refractivity contribution in [2.24, 2.45) is 0 Å². The Morgan fingerprint density at radius 1 is 0.410 bits per heavy atom. The number of nitrogens with zero attached hydrogens (tertiary/aromatic N) is 11. The van der Waals surface area contributed by atoms with Gasteiger partial charge >= 0.3 is 24.2 Å². The molecular formula is C40H62N12O9. The fourth-order valence-electron chi connectivity index (χ4n) is 10.3. The summed E-state index contributed by atoms with van der Waals surface area (Å²) in [5.41, 5.74) is 2.36. The Morgan fingerprint density at radius 3 is 1.11 bits per heavy atom. The van der Waals surface area contributed by atoms with E-state index in [4.69, 9.17) is 4.74 Å². The van der Waals surface area contributed by atoms with E-state index in [1.807, 2.05) is 0 Å². The van der Waals surface area contributed by atoms with E-state index < -0.39 is 53.8 Å². The molecule has 8 saturated heterocycles. The summed E-state index contributed by atoms with van der Waals surface area (Å²) in [4.78, 5) is 118. The summed E-state index contributed by atoms with van der Waals surface area (Å²) >= 11 is 0. The molecule has 61 heavy (non-hydrogen) atoms. The van der Waals surface area contributed by atoms with Crippen LogP contribution in [0.4, 0.5) is 19.2 Å². The van der Waals surface area contributed by atoms with E-state index in [2.05, 4.69) is 5.43 Å². The smallest absolute Gasteiger partial charge is 0.410 e. The number of rotatable bonds is 4. The monoisotopic (exact) mass is 854 g/mol. The van der Waals surface area contributed by atoms with Gasteiger partial charge in [0.1, 0.15) is 29.8 Å². The zero-order valence-electron chi connectivity index (χ0n) is 35.9. The molecule has 0 aromatic rings. The lowest BCUT2D eigenvalue weighted by atomic mass is 10.2. The summed E-state index contributed by atoms with van der Waals surface area (Å²) in [7, 11) is 0. The number of carbonyl (C=O) groups is 8. The van der Waals surface area contributed by atoms with Gasteiger partial charge in [0.2, 0.25) is 0 Å². The number of hydrogen-bond donors (Lipinski definition) is 1. The van der Waals surface area contributed by atoms with Gasteiger partial charge in [-0.3, -0.25) is 29.1 Å². The Balaban J connectivity index is 0.907. The molecule has 8 fully saturated rings. The van der Waals surface area contributed by atoms with Crippen molar-refractivity contribution in [1.29, 1.82) is 0 Å². The Hall–Kier alpha value is -5.08. The second-order valence-corrected chi connectivity index (χ2v) is 18.3. The highest BCUT2D eigenvalue weighted by atomic mass is 16.6. The van der Waals surface area contributed by atoms with Crippen molar-refractivity contribution in [1.82, 2.24) is 60.1 Å². The topological polar surface area (TPSA) is 193 Å². The zero-order valence-corrected chi connectivity index (χ0v) is 35.9. The van der Waals surface area contributed by atoms with Crippen LogP contribution in [0.5, 0.6) is 0 Å². The van der Waals surface area contributed by atoms with Gasteiger partial charge in [-0.2, -0.15) is 0 Å². The molecule has 4 atom stereocenters. The van der Waals surface area contributed by atoms with Crippen molar-refractivity contribution in [3.05, 3.63) is 0 Å². The Kier molecular flexibility index (Phi) is 12.1. The maximum atomic E-state index is 14.4. The minimum absolute atomic E-state index is 0.136. The fraction of sp³-hybridized carbons (Fsp3) is 0.800. The number of urea groups is 3. The predicted octanol–water partition coefficient (Wildman–Crippen LogP) is 1.22. The van der Waals surface area contributed by atoms with E-state index in [0.717, 1.165) is 6.42 Å². The van der Waals surface area contributed by atoms with Crippen LogP contribution in [0.2, 0.25) is 0 Å². The molecule has 11 amide bonds. The summed E-state index contributed by atoms with van der Waals surface area (Å²) in [6, 6.07) is -4.37. The van der Waals surface area contributed by atoms with Gasteiger partial charge in [-0.1, -0.05) is 0 Å². The third kappa shape index (κ3) is 8.20. The van der Waals surface area contributed by atoms with E-state index >= 15 is 0 Å². The molecule has 336 valence electrons. The minimum Gasteiger partial charge on any atom is -0.444 e. The first-order valence-electron chi connectivity index (χ1n) is 22.5. The molecule has 0 aromatic heterocycles. The normalized spacial score (nSPS) is 27.1. The van der Waals surface area contributed by atoms with Crippen LogP contribution in [0.1, 0.15) is 97.8 Å². The van der Waals surface area contributed by atoms with E-state index in [1.165, 1.54) is 44.8 Å². The maximum absolute atomic E-state index is 14.4. The molecule has 0 saturated carbocycles. The van der Waals surface area contributed by atoms with Crippen LogP contribution in [0.25, 0.3) is 0 Å². The molecule has 21 nitrogen and oxygen atoms in total. The summed E-state index contributed by atoms with van der Waals surface area (Å²) in [5, 5.41) is 10.1. The van der Waals surface area contributed by atoms with Crippen molar-refractivity contribution in [2.75, 3.05) is 78.5 Å². The third-order valence-electron chi connectivity index (χ3n) is 13.2. The molecular weight excluding hydrogens is 793 g/mol. The molecule has 8 heterocycles. The molecule has 8 aliphatic rings. The first kappa shape index (κ1) is 42.6. The lowest BCUT2D eigenvalue weighted by Gasteiger charge is -2.39. The van der Waals surface area contributed by atoms with E-state index in [1.54, 1.807) is 30.7 Å². The summed E-state index contributed by atoms with van der Waals surface area (Å²) in [6.45, 7) is 9.76. The van der Waals surface area contributed by atoms with Crippen LogP contribution >= 0.6 is 0 Å². The van der Waals surface area contributed by atoms with E-state index in [9.17, 15) is 38.4 Å². The molecule has 1 N–H and O–H groups in total. The number of ether oxygens (including phenoxy) is 1. The van der Waals surface area contributed by atoms with Crippen LogP contribution < -0.4 is 5.43 Å². The molecule has 0 aliphatic carbocycles. The van der Waals surface area contributed by atoms with Crippen molar-refractivity contribution < 1.29 is 43.1 Å². The molecule has 0 radical (unpaired) electrons. The standard InChI is InChI=1S/C40H62N12O9/c1-40(2,3)61-39(60)45-20-7-15-31(45)35(56)49-24-11-27-52(49)38(59)44-19-6-14-30(44)34(55)48-23-10-26-51(48)37(58)43-18-5-13-29(43)33(54)47-22-9-25-50(47)36(57)42-17-4-12-28(42)32(53)46-21-8-16-41-46/h28-31,41H,4-27H2,1-3H3/t28-,29-,30-,31-/m0/s1. The van der Waals surface area contributed by atoms with Crippen molar-refractivity contribution in [2.45, 2.75) is 128 Å². The highest BCUT2D eigenvalue weighted by molar-refractivity contribution is 5.94. The number of hydrogen-bond acceptors (Lipinski definition) is 10. The third-order valence-corrected chi connectivity index (χ3v) is 13.2. The first-order valence-corrected chi connectivity index (χ1v) is 22.5. The van der Waals surface area contributed by atoms with Gasteiger partial charge in [-0.25, -0.2) is 54.7 Å². The molecule has 0 aromatic carbocycles. The zero-order chi connectivity index (χ0) is 43.2. The minimum atomic E-state index is -0.856. The van der Waals surface area contributed by atoms with Gasteiger partial charge < -0.3 is 19.4 Å². The summed E-state index contributed by atoms with van der Waals surface area (Å²) < 4.78 is 5.57. The van der Waals surface area contributed by atoms with Gasteiger partial charge in [0, 0.05) is 78.5 Å². The number of hydrazine groups is 4. The van der Waals surface area contributed by atoms with Crippen LogP contribution in [0.3, 0.4) is 0 Å². The van der Waals surface area contributed by atoms with E-state index in [0.29, 0.717) is 130 Å². The second kappa shape index (κ2) is 17.4. The first-order chi connectivity index (χ1) is 29.2. The number of carbonyl (C=O) groups excluding carboxylic acids is 8. The molecule has 0 unspecified atom stereocenters. The quantitative estimate of drug-likeness (QED) is 0.430. The Bertz CT molecular complexity index is 1770. The highest BCUT2D eigenvalue weighted by Gasteiger charge is 2.50. The van der Waals surface area contributed by atoms with E-state index in [-0.39, 0.29) is 43.4 Å². The Morgan fingerprint density at radius 2 is 0.754 bits per heavy atom. The van der Waals surface area contributed by atoms with Crippen LogP contribution in [0.15, 0.2) is 0 Å². The number of amides is 11. The van der Waals surface area contributed by atoms with Gasteiger partial charge in [-0.15, -0.1) is 0 Å². The largest absolute Gasteiger partial charge is 0.444 e. The summed E-state index contributed by atoms with van der Waals surface area (Å²) in [5.74, 6) is -1.24. The number of likely N-dealkylation sites (tertiary alicyclic amines) is 4. The van der Waals surface area contributed by atoms with Crippen molar-refractivity contribution in [3.8, 4) is 0 Å². The molecule has 0 spiro atoms. The van der Waals surface area contributed by atoms with Gasteiger partial charge in [-0.05, 0) is 97.8 Å². The average molecular weight is 855 g/mol. The van der Waals surface area contributed by atoms with Gasteiger partial charge in [0.15, 0.2) is 0 Å². The lowest BCUT2D eigenvalue weighted by Crippen LogP contribution is -2.61. The molecule has 8 rings (SSSR count). The van der Waals surface area contributed by atoms with Crippen molar-refractivity contribution >= 4 is 47.8 Å². The maximum Gasteiger partial charge on any atom is 0.410 e. The number of nitrogens with one attached hydrogen (secondary N) is 1. The van der Waals surface area contributed by atoms with Gasteiger partial charge in [0.05, 0.1) is 0 Å². The van der Waals surface area contributed by atoms with Gasteiger partial charge in [0.25, 0.3) is 23.6 Å². The lowest BCUT2D eigenvalue weighted by molar-refractivity contribution is -0.148. The SMILES string of the molecule is CC(C)(C)OC(=O)N1CCC[C@H]1C(=O)N1CCCN1C(=O)N1CCC[C@H]1C(=O)N1CCCN1C(=O)N1CCC[C@H]1C(=O)N1CCCN1C(=O)N1CCC[C@H]1C(=O)N1CCCN1. The Labute approximate surface area is 356 Å². The van der Waals surface area contributed by atoms with Crippen molar-refractivity contribution in [3.63, 3.8) is 0 Å².